The molecule has 2 aromatic heterocycles. The van der Waals surface area contributed by atoms with Crippen molar-refractivity contribution in [2.45, 2.75) is 43.9 Å². The van der Waals surface area contributed by atoms with Gasteiger partial charge in [-0.05, 0) is 37.3 Å². The molecule has 1 saturated carbocycles. The Morgan fingerprint density at radius 1 is 1.17 bits per heavy atom. The summed E-state index contributed by atoms with van der Waals surface area (Å²) in [7, 11) is 3.13. The average Bonchev–Trinajstić information content (AvgIpc) is 3.40. The summed E-state index contributed by atoms with van der Waals surface area (Å²) in [4.78, 5) is 40.3. The molecular weight excluding hydrogens is 587 g/mol. The number of pyridine rings is 1. The number of fused-ring (bicyclic) bond motifs is 1. The van der Waals surface area contributed by atoms with Crippen LogP contribution in [0.1, 0.15) is 46.7 Å². The quantitative estimate of drug-likeness (QED) is 0.425. The number of halogens is 5. The maximum Gasteiger partial charge on any atom is 0.405 e. The number of aromatic hydroxyl groups is 1. The topological polar surface area (TPSA) is 121 Å². The largest absolute Gasteiger partial charge is 0.502 e. The fourth-order valence-corrected chi connectivity index (χ4v) is 6.41. The molecule has 3 heterocycles. The van der Waals surface area contributed by atoms with E-state index >= 15 is 0 Å². The Hall–Kier alpha value is -4.08. The Morgan fingerprint density at radius 3 is 2.50 bits per heavy atom. The van der Waals surface area contributed by atoms with Crippen LogP contribution in [-0.4, -0.2) is 69.2 Å². The second kappa shape index (κ2) is 10.6. The fourth-order valence-electron chi connectivity index (χ4n) is 5.54. The SMILES string of the molecule is CN1C(=O)c2c(O)c(=O)c(-c3nnc(Cc4ccc(F)cc4F)s3)cn2N(C)C12CCC(C(=O)NCC(F)(F)F)CC2. The molecule has 1 fully saturated rings. The van der Waals surface area contributed by atoms with Crippen LogP contribution in [0.3, 0.4) is 0 Å². The standard InChI is InChI=1S/C26H25F5N6O4S/c1-35-24(41)19-21(39)20(38)16(23-34-33-18(42-23)9-14-3-4-15(27)10-17(14)28)11-37(19)36(2)25(35)7-5-13(6-8-25)22(40)32-12-26(29,30)31/h3-4,10-11,13,39H,5-9,12H2,1-2H3,(H,32,40). The summed E-state index contributed by atoms with van der Waals surface area (Å²) in [6.07, 6.45) is -2.37. The van der Waals surface area contributed by atoms with Gasteiger partial charge in [-0.25, -0.2) is 8.78 Å². The van der Waals surface area contributed by atoms with E-state index in [0.717, 1.165) is 23.5 Å². The minimum Gasteiger partial charge on any atom is -0.502 e. The van der Waals surface area contributed by atoms with Gasteiger partial charge in [0, 0.05) is 38.7 Å². The first-order chi connectivity index (χ1) is 19.7. The van der Waals surface area contributed by atoms with Crippen LogP contribution in [0, 0.1) is 17.6 Å². The van der Waals surface area contributed by atoms with E-state index in [2.05, 4.69) is 10.2 Å². The zero-order valence-corrected chi connectivity index (χ0v) is 23.2. The molecule has 0 unspecified atom stereocenters. The second-order valence-corrected chi connectivity index (χ2v) is 11.4. The highest BCUT2D eigenvalue weighted by molar-refractivity contribution is 7.14. The predicted octanol–water partition coefficient (Wildman–Crippen LogP) is 3.16. The summed E-state index contributed by atoms with van der Waals surface area (Å²) in [5.74, 6) is -4.36. The fraction of sp³-hybridized carbons (Fsp3) is 0.423. The molecule has 3 aromatic rings. The molecule has 224 valence electrons. The van der Waals surface area contributed by atoms with Crippen LogP contribution in [0.15, 0.2) is 29.2 Å². The zero-order valence-electron chi connectivity index (χ0n) is 22.3. The lowest BCUT2D eigenvalue weighted by atomic mass is 9.79. The molecule has 1 aromatic carbocycles. The molecule has 1 aliphatic carbocycles. The van der Waals surface area contributed by atoms with Crippen molar-refractivity contribution in [3.05, 3.63) is 62.5 Å². The van der Waals surface area contributed by atoms with Gasteiger partial charge in [0.25, 0.3) is 5.91 Å². The van der Waals surface area contributed by atoms with Gasteiger partial charge >= 0.3 is 6.18 Å². The van der Waals surface area contributed by atoms with Crippen LogP contribution >= 0.6 is 11.3 Å². The van der Waals surface area contributed by atoms with Gasteiger partial charge in [0.15, 0.2) is 16.5 Å². The molecule has 0 saturated heterocycles. The molecule has 2 N–H and O–H groups in total. The number of nitrogens with zero attached hydrogens (tertiary/aromatic N) is 5. The summed E-state index contributed by atoms with van der Waals surface area (Å²) in [6, 6.07) is 3.13. The van der Waals surface area contributed by atoms with Crippen LogP contribution < -0.4 is 15.8 Å². The lowest BCUT2D eigenvalue weighted by Gasteiger charge is -2.55. The molecule has 0 atom stereocenters. The van der Waals surface area contributed by atoms with Gasteiger partial charge in [-0.15, -0.1) is 10.2 Å². The molecule has 2 aliphatic rings. The van der Waals surface area contributed by atoms with Crippen LogP contribution in [0.2, 0.25) is 0 Å². The van der Waals surface area contributed by atoms with Crippen molar-refractivity contribution >= 4 is 23.2 Å². The van der Waals surface area contributed by atoms with Gasteiger partial charge in [0.05, 0.1) is 5.56 Å². The smallest absolute Gasteiger partial charge is 0.405 e. The molecule has 1 spiro atoms. The predicted molar refractivity (Wildman–Crippen MR) is 140 cm³/mol. The number of carbonyl (C=O) groups excluding carboxylic acids is 2. The summed E-state index contributed by atoms with van der Waals surface area (Å²) in [6.45, 7) is -1.43. The van der Waals surface area contributed by atoms with Gasteiger partial charge < -0.3 is 15.3 Å². The minimum atomic E-state index is -4.53. The van der Waals surface area contributed by atoms with Gasteiger partial charge in [0.2, 0.25) is 11.3 Å². The Kier molecular flexibility index (Phi) is 7.45. The van der Waals surface area contributed by atoms with Gasteiger partial charge in [-0.1, -0.05) is 17.4 Å². The number of benzene rings is 1. The van der Waals surface area contributed by atoms with Crippen LogP contribution in [0.4, 0.5) is 22.0 Å². The Balaban J connectivity index is 1.43. The summed E-state index contributed by atoms with van der Waals surface area (Å²) in [5.41, 5.74) is -2.06. The van der Waals surface area contributed by atoms with Crippen LogP contribution in [-0.2, 0) is 11.2 Å². The highest BCUT2D eigenvalue weighted by Crippen LogP contribution is 2.42. The lowest BCUT2D eigenvalue weighted by Crippen LogP contribution is -2.69. The van der Waals surface area contributed by atoms with Crippen molar-refractivity contribution in [3.63, 3.8) is 0 Å². The highest BCUT2D eigenvalue weighted by Gasteiger charge is 2.51. The van der Waals surface area contributed by atoms with E-state index in [1.54, 1.807) is 12.1 Å². The Bertz CT molecular complexity index is 1620. The first-order valence-electron chi connectivity index (χ1n) is 12.8. The molecule has 0 radical (unpaired) electrons. The molecule has 16 heteroatoms. The summed E-state index contributed by atoms with van der Waals surface area (Å²) < 4.78 is 66.4. The summed E-state index contributed by atoms with van der Waals surface area (Å²) in [5, 5.41) is 22.8. The molecule has 2 amide bonds. The zero-order chi connectivity index (χ0) is 30.6. The first-order valence-corrected chi connectivity index (χ1v) is 13.7. The number of hydrogen-bond donors (Lipinski definition) is 2. The van der Waals surface area contributed by atoms with Gasteiger partial charge in [-0.3, -0.25) is 24.1 Å². The number of alkyl halides is 3. The van der Waals surface area contributed by atoms with Crippen molar-refractivity contribution in [3.8, 4) is 16.3 Å². The Morgan fingerprint density at radius 2 is 1.86 bits per heavy atom. The van der Waals surface area contributed by atoms with E-state index in [9.17, 15) is 41.4 Å². The van der Waals surface area contributed by atoms with Crippen LogP contribution in [0.5, 0.6) is 5.75 Å². The number of rotatable bonds is 5. The number of amides is 2. The van der Waals surface area contributed by atoms with Gasteiger partial charge in [0.1, 0.15) is 28.8 Å². The maximum atomic E-state index is 14.1. The number of carbonyl (C=O) groups is 2. The maximum absolute atomic E-state index is 14.1. The molecule has 1 aliphatic heterocycles. The molecule has 10 nitrogen and oxygen atoms in total. The Labute approximate surface area is 239 Å². The van der Waals surface area contributed by atoms with Crippen molar-refractivity contribution < 1.29 is 36.6 Å². The lowest BCUT2D eigenvalue weighted by molar-refractivity contribution is -0.142. The monoisotopic (exact) mass is 612 g/mol. The van der Waals surface area contributed by atoms with E-state index in [1.165, 1.54) is 28.9 Å². The van der Waals surface area contributed by atoms with Crippen molar-refractivity contribution in [1.29, 1.82) is 0 Å². The van der Waals surface area contributed by atoms with E-state index in [1.807, 2.05) is 5.32 Å². The highest BCUT2D eigenvalue weighted by atomic mass is 32.1. The number of hydrogen-bond acceptors (Lipinski definition) is 8. The third-order valence-corrected chi connectivity index (χ3v) is 8.85. The van der Waals surface area contributed by atoms with Crippen molar-refractivity contribution in [2.24, 2.45) is 5.92 Å². The third-order valence-electron chi connectivity index (χ3n) is 7.90. The molecule has 5 rings (SSSR count). The molecular formula is C26H25F5N6O4S. The van der Waals surface area contributed by atoms with E-state index < -0.39 is 58.9 Å². The third kappa shape index (κ3) is 5.18. The first kappa shape index (κ1) is 29.4. The minimum absolute atomic E-state index is 0.0218. The van der Waals surface area contributed by atoms with Gasteiger partial charge in [-0.2, -0.15) is 13.2 Å². The van der Waals surface area contributed by atoms with Crippen molar-refractivity contribution in [2.75, 3.05) is 25.6 Å². The second-order valence-electron chi connectivity index (χ2n) is 10.3. The normalized spacial score (nSPS) is 20.6. The van der Waals surface area contributed by atoms with E-state index in [-0.39, 0.29) is 53.9 Å². The van der Waals surface area contributed by atoms with E-state index in [4.69, 9.17) is 0 Å². The molecule has 0 bridgehead atoms. The number of nitrogens with one attached hydrogen (secondary N) is 1. The van der Waals surface area contributed by atoms with Crippen molar-refractivity contribution in [1.82, 2.24) is 25.1 Å². The molecule has 42 heavy (non-hydrogen) atoms. The summed E-state index contributed by atoms with van der Waals surface area (Å²) >= 11 is 0.961. The number of aromatic nitrogens is 3. The van der Waals surface area contributed by atoms with Crippen LogP contribution in [0.25, 0.3) is 10.6 Å². The average molecular weight is 613 g/mol. The van der Waals surface area contributed by atoms with E-state index in [0.29, 0.717) is 5.01 Å².